The topological polar surface area (TPSA) is 78.8 Å². The normalized spacial score (nSPS) is 19.9. The molecule has 0 radical (unpaired) electrons. The van der Waals surface area contributed by atoms with Crippen LogP contribution in [-0.4, -0.2) is 24.0 Å². The Balaban J connectivity index is 2.10. The molecule has 1 heterocycles. The molecule has 1 aliphatic rings. The summed E-state index contributed by atoms with van der Waals surface area (Å²) in [6.07, 6.45) is 2.47. The zero-order valence-corrected chi connectivity index (χ0v) is 9.22. The van der Waals surface area contributed by atoms with Crippen molar-refractivity contribution in [1.82, 2.24) is 0 Å². The van der Waals surface area contributed by atoms with E-state index in [4.69, 9.17) is 14.6 Å². The molecule has 0 bridgehead atoms. The van der Waals surface area contributed by atoms with E-state index in [1.54, 1.807) is 0 Å². The van der Waals surface area contributed by atoms with Crippen molar-refractivity contribution < 1.29 is 24.5 Å². The molecule has 5 nitrogen and oxygen atoms in total. The van der Waals surface area contributed by atoms with E-state index in [-0.39, 0.29) is 11.9 Å². The average molecular weight is 237 g/mol. The van der Waals surface area contributed by atoms with Gasteiger partial charge in [0.2, 0.25) is 0 Å². The fourth-order valence-electron chi connectivity index (χ4n) is 1.71. The van der Waals surface area contributed by atoms with Gasteiger partial charge in [-0.05, 0) is 25.0 Å². The Hall–Kier alpha value is -1.75. The fraction of sp³-hybridized carbons (Fsp3) is 0.417. The van der Waals surface area contributed by atoms with Gasteiger partial charge in [-0.3, -0.25) is 0 Å². The Morgan fingerprint density at radius 2 is 2.29 bits per heavy atom. The van der Waals surface area contributed by atoms with Gasteiger partial charge in [0.05, 0.1) is 12.2 Å². The highest BCUT2D eigenvalue weighted by atomic mass is 16.7. The van der Waals surface area contributed by atoms with Crippen LogP contribution < -0.4 is 9.84 Å². The van der Waals surface area contributed by atoms with Crippen molar-refractivity contribution in [2.24, 2.45) is 0 Å². The molecule has 1 aromatic rings. The molecule has 0 saturated carbocycles. The summed E-state index contributed by atoms with van der Waals surface area (Å²) in [5.74, 6) is -1.41. The maximum atomic E-state index is 11.2. The van der Waals surface area contributed by atoms with Crippen LogP contribution in [0.25, 0.3) is 0 Å². The number of hydrogen-bond donors (Lipinski definition) is 1. The third-order valence-corrected chi connectivity index (χ3v) is 2.59. The summed E-state index contributed by atoms with van der Waals surface area (Å²) in [6.45, 7) is 0.649. The third kappa shape index (κ3) is 2.88. The van der Waals surface area contributed by atoms with E-state index in [9.17, 15) is 9.90 Å². The maximum Gasteiger partial charge on any atom is 0.335 e. The highest BCUT2D eigenvalue weighted by Gasteiger charge is 2.16. The first-order valence-corrected chi connectivity index (χ1v) is 5.49. The molecule has 0 aliphatic carbocycles. The van der Waals surface area contributed by atoms with Gasteiger partial charge >= 0.3 is 5.97 Å². The molecular weight excluding hydrogens is 224 g/mol. The SMILES string of the molecule is O=C(O)c1cc(OC2CCCCO2)ccc1[O-]. The number of aromatic carboxylic acids is 1. The van der Waals surface area contributed by atoms with Gasteiger partial charge in [0, 0.05) is 6.42 Å². The standard InChI is InChI=1S/C12H14O5/c13-10-5-4-8(7-9(10)12(14)15)17-11-3-1-2-6-16-11/h4-5,7,11,13H,1-3,6H2,(H,14,15)/p-1. The van der Waals surface area contributed by atoms with Crippen LogP contribution in [0.1, 0.15) is 29.6 Å². The molecule has 17 heavy (non-hydrogen) atoms. The Labute approximate surface area is 98.6 Å². The van der Waals surface area contributed by atoms with Crippen LogP contribution in [0, 0.1) is 0 Å². The zero-order valence-electron chi connectivity index (χ0n) is 9.22. The van der Waals surface area contributed by atoms with Crippen molar-refractivity contribution in [3.63, 3.8) is 0 Å². The molecule has 1 saturated heterocycles. The number of hydrogen-bond acceptors (Lipinski definition) is 4. The Kier molecular flexibility index (Phi) is 3.49. The highest BCUT2D eigenvalue weighted by molar-refractivity contribution is 5.91. The first-order chi connectivity index (χ1) is 8.16. The predicted molar refractivity (Wildman–Crippen MR) is 57.1 cm³/mol. The molecule has 1 aliphatic heterocycles. The molecule has 1 unspecified atom stereocenters. The van der Waals surface area contributed by atoms with E-state index in [2.05, 4.69) is 0 Å². The van der Waals surface area contributed by atoms with Gasteiger partial charge in [-0.2, -0.15) is 0 Å². The van der Waals surface area contributed by atoms with Crippen molar-refractivity contribution in [2.75, 3.05) is 6.61 Å². The van der Waals surface area contributed by atoms with Crippen molar-refractivity contribution in [3.05, 3.63) is 23.8 Å². The molecule has 1 atom stereocenters. The summed E-state index contributed by atoms with van der Waals surface area (Å²) in [6, 6.07) is 3.90. The largest absolute Gasteiger partial charge is 0.872 e. The smallest absolute Gasteiger partial charge is 0.335 e. The van der Waals surface area contributed by atoms with Gasteiger partial charge in [-0.1, -0.05) is 11.8 Å². The van der Waals surface area contributed by atoms with Gasteiger partial charge in [0.25, 0.3) is 0 Å². The lowest BCUT2D eigenvalue weighted by molar-refractivity contribution is -0.268. The number of rotatable bonds is 3. The number of benzene rings is 1. The van der Waals surface area contributed by atoms with Crippen molar-refractivity contribution in [3.8, 4) is 11.5 Å². The minimum absolute atomic E-state index is 0.279. The van der Waals surface area contributed by atoms with Gasteiger partial charge in [0.1, 0.15) is 5.75 Å². The monoisotopic (exact) mass is 237 g/mol. The second-order valence-electron chi connectivity index (χ2n) is 3.88. The zero-order chi connectivity index (χ0) is 12.3. The lowest BCUT2D eigenvalue weighted by Gasteiger charge is -2.24. The lowest BCUT2D eigenvalue weighted by Crippen LogP contribution is -2.25. The van der Waals surface area contributed by atoms with Gasteiger partial charge in [-0.25, -0.2) is 4.79 Å². The second kappa shape index (κ2) is 5.05. The molecule has 1 aromatic carbocycles. The molecule has 0 aromatic heterocycles. The van der Waals surface area contributed by atoms with E-state index in [0.717, 1.165) is 19.3 Å². The van der Waals surface area contributed by atoms with Crippen LogP contribution in [0.2, 0.25) is 0 Å². The van der Waals surface area contributed by atoms with Gasteiger partial charge < -0.3 is 19.7 Å². The number of carboxylic acids is 1. The summed E-state index contributed by atoms with van der Waals surface area (Å²) in [7, 11) is 0. The van der Waals surface area contributed by atoms with Crippen molar-refractivity contribution in [1.29, 1.82) is 0 Å². The van der Waals surface area contributed by atoms with Crippen LogP contribution in [-0.2, 0) is 4.74 Å². The second-order valence-corrected chi connectivity index (χ2v) is 3.88. The molecule has 92 valence electrons. The van der Waals surface area contributed by atoms with Crippen LogP contribution in [0.4, 0.5) is 0 Å². The van der Waals surface area contributed by atoms with Gasteiger partial charge in [0.15, 0.2) is 6.29 Å². The summed E-state index contributed by atoms with van der Waals surface area (Å²) >= 11 is 0. The van der Waals surface area contributed by atoms with Crippen LogP contribution in [0.5, 0.6) is 11.5 Å². The van der Waals surface area contributed by atoms with E-state index in [1.807, 2.05) is 0 Å². The quantitative estimate of drug-likeness (QED) is 0.858. The van der Waals surface area contributed by atoms with E-state index >= 15 is 0 Å². The fourth-order valence-corrected chi connectivity index (χ4v) is 1.71. The Morgan fingerprint density at radius 1 is 1.47 bits per heavy atom. The molecule has 0 amide bonds. The minimum Gasteiger partial charge on any atom is -0.872 e. The summed E-state index contributed by atoms with van der Waals surface area (Å²) in [4.78, 5) is 10.8. The number of ether oxygens (including phenoxy) is 2. The maximum absolute atomic E-state index is 11.2. The Bertz CT molecular complexity index is 409. The van der Waals surface area contributed by atoms with Crippen LogP contribution in [0.3, 0.4) is 0 Å². The molecule has 5 heteroatoms. The van der Waals surface area contributed by atoms with Crippen molar-refractivity contribution >= 4 is 5.97 Å². The van der Waals surface area contributed by atoms with E-state index in [1.165, 1.54) is 18.2 Å². The number of carbonyl (C=O) groups is 1. The first kappa shape index (κ1) is 11.7. The third-order valence-electron chi connectivity index (χ3n) is 2.59. The molecule has 1 N–H and O–H groups in total. The van der Waals surface area contributed by atoms with Crippen LogP contribution in [0.15, 0.2) is 18.2 Å². The summed E-state index contributed by atoms with van der Waals surface area (Å²) in [5, 5.41) is 20.0. The van der Waals surface area contributed by atoms with Crippen molar-refractivity contribution in [2.45, 2.75) is 25.6 Å². The minimum atomic E-state index is -1.25. The summed E-state index contributed by atoms with van der Waals surface area (Å²) < 4.78 is 10.8. The Morgan fingerprint density at radius 3 is 2.94 bits per heavy atom. The molecule has 0 spiro atoms. The summed E-state index contributed by atoms with van der Waals surface area (Å²) in [5.41, 5.74) is -0.279. The van der Waals surface area contributed by atoms with Gasteiger partial charge in [-0.15, -0.1) is 0 Å². The average Bonchev–Trinajstić information content (AvgIpc) is 2.32. The predicted octanol–water partition coefficient (Wildman–Crippen LogP) is 1.36. The lowest BCUT2D eigenvalue weighted by atomic mass is 10.2. The van der Waals surface area contributed by atoms with Crippen LogP contribution >= 0.6 is 0 Å². The molecular formula is C12H13O5-. The molecule has 2 rings (SSSR count). The number of carboxylic acid groups (broad SMARTS) is 1. The highest BCUT2D eigenvalue weighted by Crippen LogP contribution is 2.24. The first-order valence-electron chi connectivity index (χ1n) is 5.49. The van der Waals surface area contributed by atoms with E-state index in [0.29, 0.717) is 12.4 Å². The van der Waals surface area contributed by atoms with E-state index < -0.39 is 11.7 Å². The molecule has 1 fully saturated rings.